The second-order valence-corrected chi connectivity index (χ2v) is 2.17. The van der Waals surface area contributed by atoms with E-state index in [4.69, 9.17) is 20.2 Å². The van der Waals surface area contributed by atoms with Crippen molar-refractivity contribution in [2.24, 2.45) is 23.4 Å². The molecule has 0 atom stereocenters. The summed E-state index contributed by atoms with van der Waals surface area (Å²) >= 11 is 0. The molecule has 114 valence electrons. The van der Waals surface area contributed by atoms with Crippen molar-refractivity contribution in [1.82, 2.24) is 21.7 Å². The van der Waals surface area contributed by atoms with Crippen molar-refractivity contribution >= 4 is 25.1 Å². The van der Waals surface area contributed by atoms with Crippen molar-refractivity contribution in [2.75, 3.05) is 0 Å². The molecular formula is C7H22N8O4. The van der Waals surface area contributed by atoms with Crippen molar-refractivity contribution in [1.29, 1.82) is 0 Å². The number of carbonyl (C=O) groups is 4. The van der Waals surface area contributed by atoms with Crippen molar-refractivity contribution in [3.05, 3.63) is 0 Å². The molecule has 12 nitrogen and oxygen atoms in total. The summed E-state index contributed by atoms with van der Waals surface area (Å²) in [6.45, 7) is 1.93. The Bertz CT molecular complexity index is 185. The van der Waals surface area contributed by atoms with Crippen LogP contribution in [0.15, 0.2) is 0 Å². The molecule has 4 amide bonds. The largest absolute Gasteiger partial charge is 0.297 e. The number of hydrogen-bond donors (Lipinski definition) is 8. The van der Waals surface area contributed by atoms with Gasteiger partial charge in [-0.15, -0.1) is 0 Å². The molecule has 0 aliphatic rings. The molecule has 0 aromatic carbocycles. The zero-order valence-electron chi connectivity index (χ0n) is 10.6. The molecule has 0 aliphatic carbocycles. The Morgan fingerprint density at radius 3 is 1.21 bits per heavy atom. The molecule has 12 N–H and O–H groups in total. The van der Waals surface area contributed by atoms with Gasteiger partial charge >= 0.3 is 0 Å². The third-order valence-electron chi connectivity index (χ3n) is 0.842. The van der Waals surface area contributed by atoms with Crippen LogP contribution < -0.4 is 45.1 Å². The van der Waals surface area contributed by atoms with Crippen molar-refractivity contribution in [3.8, 4) is 0 Å². The summed E-state index contributed by atoms with van der Waals surface area (Å²) in [6, 6.07) is 0. The van der Waals surface area contributed by atoms with Gasteiger partial charge in [-0.3, -0.25) is 40.9 Å². The van der Waals surface area contributed by atoms with E-state index in [-0.39, 0.29) is 5.91 Å². The van der Waals surface area contributed by atoms with Crippen LogP contribution >= 0.6 is 0 Å². The van der Waals surface area contributed by atoms with Crippen LogP contribution in [-0.2, 0) is 19.2 Å². The highest BCUT2D eigenvalue weighted by molar-refractivity contribution is 5.74. The van der Waals surface area contributed by atoms with Gasteiger partial charge in [0.2, 0.25) is 25.1 Å². The van der Waals surface area contributed by atoms with Crippen LogP contribution in [-0.4, -0.2) is 25.1 Å². The molecular weight excluding hydrogens is 260 g/mol. The maximum Gasteiger partial charge on any atom is 0.233 e. The van der Waals surface area contributed by atoms with Gasteiger partial charge < -0.3 is 0 Å². The SMILES string of the molecule is CCCC(=O)NN.NNC=O.NNC=O.NNC=O. The highest BCUT2D eigenvalue weighted by Gasteiger charge is 1.90. The molecule has 0 radical (unpaired) electrons. The van der Waals surface area contributed by atoms with E-state index >= 15 is 0 Å². The van der Waals surface area contributed by atoms with Crippen molar-refractivity contribution in [2.45, 2.75) is 19.8 Å². The lowest BCUT2D eigenvalue weighted by Crippen LogP contribution is -2.29. The van der Waals surface area contributed by atoms with Crippen molar-refractivity contribution in [3.63, 3.8) is 0 Å². The quantitative estimate of drug-likeness (QED) is 0.106. The number of carbonyl (C=O) groups excluding carboxylic acids is 4. The van der Waals surface area contributed by atoms with Gasteiger partial charge in [0.25, 0.3) is 0 Å². The third kappa shape index (κ3) is 90.4. The summed E-state index contributed by atoms with van der Waals surface area (Å²) in [4.78, 5) is 37.0. The van der Waals surface area contributed by atoms with Crippen LogP contribution in [0, 0.1) is 0 Å². The Kier molecular flexibility index (Phi) is 48.5. The van der Waals surface area contributed by atoms with E-state index in [0.29, 0.717) is 25.7 Å². The summed E-state index contributed by atoms with van der Waals surface area (Å²) in [6.07, 6.45) is 2.58. The van der Waals surface area contributed by atoms with Crippen LogP contribution in [0.5, 0.6) is 0 Å². The monoisotopic (exact) mass is 282 g/mol. The number of amides is 4. The fourth-order valence-corrected chi connectivity index (χ4v) is 0.299. The Balaban J connectivity index is -0.0000000825. The Hall–Kier alpha value is -2.28. The molecule has 0 heterocycles. The van der Waals surface area contributed by atoms with Gasteiger partial charge in [0.05, 0.1) is 0 Å². The van der Waals surface area contributed by atoms with E-state index in [0.717, 1.165) is 6.42 Å². The molecule has 0 spiro atoms. The predicted molar refractivity (Wildman–Crippen MR) is 67.4 cm³/mol. The maximum absolute atomic E-state index is 10.2. The Labute approximate surface area is 110 Å². The zero-order chi connectivity index (χ0) is 15.9. The molecule has 0 rings (SSSR count). The number of hydrogen-bond acceptors (Lipinski definition) is 8. The standard InChI is InChI=1S/C4H10N2O.3CH4N2O/c1-2-3-4(7)6-5;3*2-3-1-4/h2-3,5H2,1H3,(H,6,7);3*1H,2H2,(H,3,4). The highest BCUT2D eigenvalue weighted by atomic mass is 16.2. The zero-order valence-corrected chi connectivity index (χ0v) is 10.6. The fraction of sp³-hybridized carbons (Fsp3) is 0.429. The number of nitrogens with two attached hydrogens (primary N) is 4. The smallest absolute Gasteiger partial charge is 0.233 e. The van der Waals surface area contributed by atoms with E-state index in [2.05, 4.69) is 17.5 Å². The molecule has 0 fully saturated rings. The Morgan fingerprint density at radius 2 is 1.16 bits per heavy atom. The normalized spacial score (nSPS) is 6.37. The number of nitrogens with one attached hydrogen (secondary N) is 4. The van der Waals surface area contributed by atoms with Crippen LogP contribution in [0.2, 0.25) is 0 Å². The van der Waals surface area contributed by atoms with Crippen LogP contribution in [0.3, 0.4) is 0 Å². The third-order valence-corrected chi connectivity index (χ3v) is 0.842. The van der Waals surface area contributed by atoms with E-state index in [1.807, 2.05) is 12.3 Å². The summed E-state index contributed by atoms with van der Waals surface area (Å²) in [5, 5.41) is 0. The lowest BCUT2D eigenvalue weighted by Gasteiger charge is -1.91. The Morgan fingerprint density at radius 1 is 0.895 bits per heavy atom. The summed E-state index contributed by atoms with van der Waals surface area (Å²) < 4.78 is 0. The maximum atomic E-state index is 10.2. The number of hydrazine groups is 4. The second kappa shape index (κ2) is 36.1. The highest BCUT2D eigenvalue weighted by Crippen LogP contribution is 1.81. The molecule has 0 aromatic rings. The van der Waals surface area contributed by atoms with Gasteiger partial charge in [-0.1, -0.05) is 6.92 Å². The minimum atomic E-state index is -0.0949. The summed E-state index contributed by atoms with van der Waals surface area (Å²) in [7, 11) is 0. The topological polar surface area (TPSA) is 220 Å². The molecule has 0 aliphatic heterocycles. The van der Waals surface area contributed by atoms with E-state index in [1.54, 1.807) is 16.3 Å². The van der Waals surface area contributed by atoms with Gasteiger partial charge in [0.1, 0.15) is 0 Å². The lowest BCUT2D eigenvalue weighted by molar-refractivity contribution is -0.121. The molecule has 0 unspecified atom stereocenters. The van der Waals surface area contributed by atoms with E-state index in [9.17, 15) is 4.79 Å². The molecule has 0 saturated heterocycles. The minimum absolute atomic E-state index is 0.0949. The lowest BCUT2D eigenvalue weighted by atomic mass is 10.3. The summed E-state index contributed by atoms with van der Waals surface area (Å²) in [5.41, 5.74) is 7.28. The average Bonchev–Trinajstić information content (AvgIpc) is 2.48. The minimum Gasteiger partial charge on any atom is -0.297 e. The van der Waals surface area contributed by atoms with Gasteiger partial charge in [-0.05, 0) is 6.42 Å². The van der Waals surface area contributed by atoms with Gasteiger partial charge in [0.15, 0.2) is 0 Å². The first-order valence-electron chi connectivity index (χ1n) is 4.74. The second-order valence-electron chi connectivity index (χ2n) is 2.17. The first-order chi connectivity index (χ1) is 9.05. The van der Waals surface area contributed by atoms with Gasteiger partial charge in [-0.2, -0.15) is 0 Å². The average molecular weight is 282 g/mol. The summed E-state index contributed by atoms with van der Waals surface area (Å²) in [5.74, 6) is 17.9. The first kappa shape index (κ1) is 25.5. The molecule has 0 bridgehead atoms. The van der Waals surface area contributed by atoms with Crippen LogP contribution in [0.4, 0.5) is 0 Å². The van der Waals surface area contributed by atoms with Gasteiger partial charge in [0, 0.05) is 6.42 Å². The first-order valence-corrected chi connectivity index (χ1v) is 4.74. The molecule has 0 aromatic heterocycles. The van der Waals surface area contributed by atoms with Crippen molar-refractivity contribution < 1.29 is 19.2 Å². The van der Waals surface area contributed by atoms with Crippen LogP contribution in [0.25, 0.3) is 0 Å². The molecule has 19 heavy (non-hydrogen) atoms. The molecule has 0 saturated carbocycles. The van der Waals surface area contributed by atoms with E-state index < -0.39 is 0 Å². The van der Waals surface area contributed by atoms with E-state index in [1.165, 1.54) is 0 Å². The molecule has 12 heteroatoms. The number of rotatable bonds is 5. The van der Waals surface area contributed by atoms with Crippen LogP contribution in [0.1, 0.15) is 19.8 Å². The predicted octanol–water partition coefficient (Wildman–Crippen LogP) is -4.41. The fourth-order valence-electron chi connectivity index (χ4n) is 0.299. The van der Waals surface area contributed by atoms with Gasteiger partial charge in [-0.25, -0.2) is 23.4 Å².